The zero-order chi connectivity index (χ0) is 53.8. The van der Waals surface area contributed by atoms with E-state index >= 15 is 0 Å². The van der Waals surface area contributed by atoms with Gasteiger partial charge in [0.05, 0.1) is 28.7 Å². The molecule has 4 heterocycles. The molecule has 0 bridgehead atoms. The van der Waals surface area contributed by atoms with Crippen LogP contribution in [0, 0.1) is 0 Å². The molecule has 396 valence electrons. The van der Waals surface area contributed by atoms with E-state index in [2.05, 4.69) is 21.3 Å². The van der Waals surface area contributed by atoms with Crippen LogP contribution in [-0.4, -0.2) is 138 Å². The lowest BCUT2D eigenvalue weighted by Crippen LogP contribution is -2.48. The Morgan fingerprint density at radius 2 is 1.55 bits per heavy atom. The van der Waals surface area contributed by atoms with E-state index in [1.54, 1.807) is 24.3 Å². The van der Waals surface area contributed by atoms with Crippen molar-refractivity contribution >= 4 is 84.2 Å². The maximum atomic E-state index is 13.8. The molecule has 4 aliphatic heterocycles. The molecule has 3 aromatic rings. The summed E-state index contributed by atoms with van der Waals surface area (Å²) < 4.78 is 72.0. The number of likely N-dealkylation sites (N-methyl/N-ethyl adjacent to an activating group) is 2. The lowest BCUT2D eigenvalue weighted by atomic mass is 9.77. The summed E-state index contributed by atoms with van der Waals surface area (Å²) in [4.78, 5) is 65.9. The van der Waals surface area contributed by atoms with Crippen molar-refractivity contribution in [1.29, 1.82) is 0 Å². The lowest BCUT2D eigenvalue weighted by molar-refractivity contribution is -0.139. The summed E-state index contributed by atoms with van der Waals surface area (Å²) in [6.45, 7) is 7.91. The largest absolute Gasteiger partial charge is 0.480 e. The highest BCUT2D eigenvalue weighted by Crippen LogP contribution is 2.44. The number of thioether (sulfide) groups is 1. The SMILES string of the molecule is CN1c2cc3c(cc2C(CS(=O)(=O)O)=CC1(C)C)C(c1ccc(C(=O)N[C@@H](CCCCNC(=O)CCCC[C@@H]2SC[C@@H]4NC(=O)N[C@@H]42)C(=O)O)cc1C(=O)O)=c1cc2c(cc1C3)=[N+](C)C(C)(C)C=C2CS(=O)(=O)O. The van der Waals surface area contributed by atoms with Crippen LogP contribution >= 0.6 is 11.8 Å². The highest BCUT2D eigenvalue weighted by atomic mass is 32.2. The van der Waals surface area contributed by atoms with Crippen LogP contribution in [-0.2, 0) is 36.2 Å². The minimum absolute atomic E-state index is 0.0222. The molecule has 8 rings (SSSR count). The fourth-order valence-electron chi connectivity index (χ4n) is 10.8. The van der Waals surface area contributed by atoms with Crippen molar-refractivity contribution in [2.75, 3.05) is 42.8 Å². The summed E-state index contributed by atoms with van der Waals surface area (Å²) in [6.07, 6.45) is 7.34. The molecule has 0 spiro atoms. The zero-order valence-electron chi connectivity index (χ0n) is 42.1. The van der Waals surface area contributed by atoms with E-state index < -0.39 is 66.7 Å². The quantitative estimate of drug-likeness (QED) is 0.0289. The summed E-state index contributed by atoms with van der Waals surface area (Å²) in [5.74, 6) is -4.24. The standard InChI is InChI=1S/C52H62N6O13S3/c1-51(2)23-31(26-73(66,67)68)34-21-36-29(19-41(34)57(51)5)17-30-20-42-35(32(27-74(69,70)71)24-52(3,4)58(42)6)22-37(30)45(36)33-15-14-28(18-38(33)48(61)62)47(60)54-39(49(63)64)11-9-10-16-53-44(59)13-8-7-12-43-46-40(25-72-43)55-50(65)56-46/h14-15,18-24,39-40,43,46H,7-13,16-17,25-27H2,1-6H3,(H7-,53,54,55,56,59,60,61,62,63,64,65,66,67,68,69,70,71)/p+1/t39-,40-,43-,46-/m0/s1. The summed E-state index contributed by atoms with van der Waals surface area (Å²) in [6, 6.07) is 10.1. The molecule has 0 radical (unpaired) electrons. The van der Waals surface area contributed by atoms with Gasteiger partial charge < -0.3 is 36.4 Å². The maximum Gasteiger partial charge on any atom is 0.336 e. The van der Waals surface area contributed by atoms with Gasteiger partial charge in [-0.1, -0.05) is 18.6 Å². The smallest absolute Gasteiger partial charge is 0.336 e. The van der Waals surface area contributed by atoms with Crippen LogP contribution in [0.1, 0.15) is 127 Å². The van der Waals surface area contributed by atoms with Crippen molar-refractivity contribution in [3.63, 3.8) is 0 Å². The number of rotatable bonds is 19. The Morgan fingerprint density at radius 3 is 2.23 bits per heavy atom. The molecule has 1 aliphatic carbocycles. The monoisotopic (exact) mass is 1080 g/mol. The number of urea groups is 1. The Kier molecular flexibility index (Phi) is 15.1. The molecule has 22 heteroatoms. The zero-order valence-corrected chi connectivity index (χ0v) is 44.5. The number of unbranched alkanes of at least 4 members (excludes halogenated alkanes) is 2. The second-order valence-electron chi connectivity index (χ2n) is 21.0. The van der Waals surface area contributed by atoms with E-state index in [0.29, 0.717) is 93.6 Å². The van der Waals surface area contributed by atoms with Crippen molar-refractivity contribution in [3.8, 4) is 0 Å². The second kappa shape index (κ2) is 20.6. The molecule has 8 N–H and O–H groups in total. The first kappa shape index (κ1) is 54.2. The Hall–Kier alpha value is -6.07. The van der Waals surface area contributed by atoms with Crippen LogP contribution in [0.25, 0.3) is 16.7 Å². The normalized spacial score (nSPS) is 20.6. The van der Waals surface area contributed by atoms with Gasteiger partial charge in [0.25, 0.3) is 26.1 Å². The molecule has 4 amide bonds. The van der Waals surface area contributed by atoms with Crippen LogP contribution in [0.2, 0.25) is 0 Å². The van der Waals surface area contributed by atoms with E-state index in [9.17, 15) is 60.1 Å². The Morgan fingerprint density at radius 1 is 0.851 bits per heavy atom. The Labute approximate surface area is 434 Å². The van der Waals surface area contributed by atoms with Gasteiger partial charge in [-0.3, -0.25) is 18.7 Å². The number of nitrogens with one attached hydrogen (secondary N) is 4. The van der Waals surface area contributed by atoms with Gasteiger partial charge in [-0.05, 0) is 133 Å². The van der Waals surface area contributed by atoms with Crippen molar-refractivity contribution < 1.29 is 60.1 Å². The molecule has 0 aromatic heterocycles. The third-order valence-electron chi connectivity index (χ3n) is 14.9. The Balaban J connectivity index is 1.07. The molecular formula is C52H63N6O13S3+. The summed E-state index contributed by atoms with van der Waals surface area (Å²) in [5.41, 5.74) is 2.87. The topological polar surface area (TPSA) is 289 Å². The van der Waals surface area contributed by atoms with E-state index in [0.717, 1.165) is 35.8 Å². The van der Waals surface area contributed by atoms with Gasteiger partial charge in [-0.25, -0.2) is 19.0 Å². The highest BCUT2D eigenvalue weighted by molar-refractivity contribution is 8.00. The van der Waals surface area contributed by atoms with Gasteiger partial charge in [0, 0.05) is 67.7 Å². The average Bonchev–Trinajstić information content (AvgIpc) is 3.86. The fraction of sp³-hybridized carbons (Fsp3) is 0.462. The first-order valence-electron chi connectivity index (χ1n) is 24.5. The first-order valence-corrected chi connectivity index (χ1v) is 28.8. The number of carbonyl (C=O) groups is 5. The number of carbonyl (C=O) groups excluding carboxylic acids is 3. The van der Waals surface area contributed by atoms with E-state index in [1.807, 2.05) is 75.2 Å². The number of amides is 4. The molecule has 19 nitrogen and oxygen atoms in total. The average molecular weight is 1080 g/mol. The minimum atomic E-state index is -4.53. The van der Waals surface area contributed by atoms with Crippen LogP contribution in [0.15, 0.2) is 54.6 Å². The number of aliphatic carboxylic acids is 1. The number of fused-ring (bicyclic) bond motifs is 5. The third-order valence-corrected chi connectivity index (χ3v) is 17.8. The number of carboxylic acid groups (broad SMARTS) is 2. The van der Waals surface area contributed by atoms with Crippen LogP contribution in [0.5, 0.6) is 0 Å². The van der Waals surface area contributed by atoms with E-state index in [1.165, 1.54) is 12.1 Å². The number of nitrogens with zero attached hydrogens (tertiary/aromatic N) is 2. The summed E-state index contributed by atoms with van der Waals surface area (Å²) >= 11 is 1.82. The van der Waals surface area contributed by atoms with E-state index in [4.69, 9.17) is 0 Å². The minimum Gasteiger partial charge on any atom is -0.480 e. The van der Waals surface area contributed by atoms with Crippen LogP contribution in [0.3, 0.4) is 0 Å². The van der Waals surface area contributed by atoms with Crippen LogP contribution in [0.4, 0.5) is 10.5 Å². The summed E-state index contributed by atoms with van der Waals surface area (Å²) in [7, 11) is -5.35. The van der Waals surface area contributed by atoms with Gasteiger partial charge in [0.2, 0.25) is 11.3 Å². The van der Waals surface area contributed by atoms with Crippen molar-refractivity contribution in [2.24, 2.45) is 0 Å². The Bertz CT molecular complexity index is 3310. The molecular weight excluding hydrogens is 1010 g/mol. The molecule has 74 heavy (non-hydrogen) atoms. The van der Waals surface area contributed by atoms with Gasteiger partial charge in [-0.2, -0.15) is 28.6 Å². The second-order valence-corrected chi connectivity index (χ2v) is 25.1. The van der Waals surface area contributed by atoms with Crippen LogP contribution < -0.4 is 41.3 Å². The fourth-order valence-corrected chi connectivity index (χ4v) is 13.6. The summed E-state index contributed by atoms with van der Waals surface area (Å²) in [5, 5.41) is 33.8. The van der Waals surface area contributed by atoms with Crippen molar-refractivity contribution in [2.45, 2.75) is 114 Å². The highest BCUT2D eigenvalue weighted by Gasteiger charge is 2.43. The predicted molar refractivity (Wildman–Crippen MR) is 282 cm³/mol. The lowest BCUT2D eigenvalue weighted by Gasteiger charge is -2.42. The molecule has 0 unspecified atom stereocenters. The predicted octanol–water partition coefficient (Wildman–Crippen LogP) is 3.42. The number of carboxylic acids is 2. The number of aromatic carboxylic acids is 1. The molecule has 5 aliphatic rings. The molecule has 4 atom stereocenters. The van der Waals surface area contributed by atoms with Crippen molar-refractivity contribution in [3.05, 3.63) is 110 Å². The molecule has 3 aromatic carbocycles. The third kappa shape index (κ3) is 11.6. The van der Waals surface area contributed by atoms with Gasteiger partial charge in [0.1, 0.15) is 24.6 Å². The molecule has 2 saturated heterocycles. The van der Waals surface area contributed by atoms with E-state index in [-0.39, 0.29) is 47.1 Å². The number of hydrogen-bond acceptors (Lipinski definition) is 11. The van der Waals surface area contributed by atoms with Gasteiger partial charge in [0.15, 0.2) is 5.54 Å². The number of benzene rings is 3. The molecule has 0 saturated carbocycles. The molecule has 2 fully saturated rings. The van der Waals surface area contributed by atoms with Crippen molar-refractivity contribution in [1.82, 2.24) is 25.8 Å². The number of anilines is 1. The number of hydrogen-bond donors (Lipinski definition) is 8. The first-order chi connectivity index (χ1) is 34.6. The maximum absolute atomic E-state index is 13.8. The van der Waals surface area contributed by atoms with Gasteiger partial charge in [-0.15, -0.1) is 0 Å². The van der Waals surface area contributed by atoms with Gasteiger partial charge >= 0.3 is 18.0 Å².